The molecular weight excluding hydrogens is 529 g/mol. The van der Waals surface area contributed by atoms with Gasteiger partial charge in [-0.05, 0) is 73.2 Å². The van der Waals surface area contributed by atoms with E-state index in [9.17, 15) is 22.4 Å². The Hall–Kier alpha value is -3.72. The highest BCUT2D eigenvalue weighted by Crippen LogP contribution is 2.29. The highest BCUT2D eigenvalue weighted by molar-refractivity contribution is 7.92. The zero-order valence-electron chi connectivity index (χ0n) is 23.7. The van der Waals surface area contributed by atoms with Crippen LogP contribution in [-0.4, -0.2) is 44.3 Å². The molecule has 0 aliphatic rings. The van der Waals surface area contributed by atoms with E-state index >= 15 is 0 Å². The third kappa shape index (κ3) is 7.47. The van der Waals surface area contributed by atoms with Gasteiger partial charge in [0, 0.05) is 13.1 Å². The van der Waals surface area contributed by atoms with Crippen molar-refractivity contribution in [1.29, 1.82) is 0 Å². The highest BCUT2D eigenvalue weighted by atomic mass is 32.2. The Balaban J connectivity index is 2.07. The fourth-order valence-electron chi connectivity index (χ4n) is 4.37. The number of amides is 2. The van der Waals surface area contributed by atoms with E-state index in [1.165, 1.54) is 29.2 Å². The van der Waals surface area contributed by atoms with E-state index in [2.05, 4.69) is 5.32 Å². The molecule has 1 N–H and O–H groups in total. The molecule has 1 unspecified atom stereocenters. The fraction of sp³-hybridized carbons (Fsp3) is 0.355. The Morgan fingerprint density at radius 2 is 1.57 bits per heavy atom. The second-order valence-corrected chi connectivity index (χ2v) is 12.1. The van der Waals surface area contributed by atoms with Gasteiger partial charge in [0.2, 0.25) is 11.8 Å². The molecule has 3 rings (SSSR count). The summed E-state index contributed by atoms with van der Waals surface area (Å²) >= 11 is 0. The van der Waals surface area contributed by atoms with Gasteiger partial charge in [0.25, 0.3) is 10.0 Å². The summed E-state index contributed by atoms with van der Waals surface area (Å²) in [6.07, 6.45) is 0.311. The number of benzene rings is 3. The van der Waals surface area contributed by atoms with Crippen LogP contribution in [0.2, 0.25) is 0 Å². The van der Waals surface area contributed by atoms with Gasteiger partial charge in [-0.15, -0.1) is 0 Å². The molecule has 1 atom stereocenters. The van der Waals surface area contributed by atoms with Crippen molar-refractivity contribution in [2.75, 3.05) is 17.4 Å². The Kier molecular flexibility index (Phi) is 10.5. The topological polar surface area (TPSA) is 86.8 Å². The molecule has 0 heterocycles. The summed E-state index contributed by atoms with van der Waals surface area (Å²) < 4.78 is 42.6. The number of anilines is 1. The molecule has 0 spiro atoms. The van der Waals surface area contributed by atoms with Crippen LogP contribution in [0.15, 0.2) is 77.7 Å². The number of hydrogen-bond donors (Lipinski definition) is 1. The summed E-state index contributed by atoms with van der Waals surface area (Å²) in [5.41, 5.74) is 2.60. The van der Waals surface area contributed by atoms with Gasteiger partial charge in [-0.25, -0.2) is 12.8 Å². The summed E-state index contributed by atoms with van der Waals surface area (Å²) in [7, 11) is -4.14. The monoisotopic (exact) mass is 567 g/mol. The normalized spacial score (nSPS) is 12.2. The number of nitrogens with one attached hydrogen (secondary N) is 1. The molecule has 2 amide bonds. The summed E-state index contributed by atoms with van der Waals surface area (Å²) in [4.78, 5) is 28.8. The molecule has 214 valence electrons. The first-order valence-electron chi connectivity index (χ1n) is 13.4. The van der Waals surface area contributed by atoms with Gasteiger partial charge in [-0.3, -0.25) is 13.9 Å². The van der Waals surface area contributed by atoms with Gasteiger partial charge in [0.15, 0.2) is 0 Å². The minimum atomic E-state index is -4.14. The lowest BCUT2D eigenvalue weighted by molar-refractivity contribution is -0.140. The van der Waals surface area contributed by atoms with Gasteiger partial charge in [0.1, 0.15) is 18.4 Å². The Labute approximate surface area is 237 Å². The fourth-order valence-corrected chi connectivity index (χ4v) is 5.86. The third-order valence-electron chi connectivity index (χ3n) is 6.79. The van der Waals surface area contributed by atoms with E-state index in [1.54, 1.807) is 49.4 Å². The predicted octanol–water partition coefficient (Wildman–Crippen LogP) is 5.22. The molecule has 0 aliphatic carbocycles. The van der Waals surface area contributed by atoms with Gasteiger partial charge in [-0.1, -0.05) is 63.2 Å². The van der Waals surface area contributed by atoms with Crippen molar-refractivity contribution in [3.63, 3.8) is 0 Å². The van der Waals surface area contributed by atoms with Crippen molar-refractivity contribution >= 4 is 27.5 Å². The van der Waals surface area contributed by atoms with E-state index in [-0.39, 0.29) is 23.3 Å². The molecule has 9 heteroatoms. The lowest BCUT2D eigenvalue weighted by Gasteiger charge is -2.34. The van der Waals surface area contributed by atoms with E-state index in [0.29, 0.717) is 24.2 Å². The van der Waals surface area contributed by atoms with Crippen LogP contribution >= 0.6 is 0 Å². The van der Waals surface area contributed by atoms with Gasteiger partial charge in [0.05, 0.1) is 10.6 Å². The number of hydrogen-bond acceptors (Lipinski definition) is 4. The minimum absolute atomic E-state index is 0.0126. The highest BCUT2D eigenvalue weighted by Gasteiger charge is 2.34. The van der Waals surface area contributed by atoms with Crippen molar-refractivity contribution in [3.05, 3.63) is 95.3 Å². The standard InChI is InChI=1S/C31H38FN3O4S/c1-6-28(31(37)33-19-22(2)3)34(20-25-15-17-26(32)18-16-25)30(36)21-35(29-14-10-11-23(4)24(29)5)40(38,39)27-12-8-7-9-13-27/h7-18,22,28H,6,19-21H2,1-5H3,(H,33,37). The van der Waals surface area contributed by atoms with Crippen LogP contribution in [0, 0.1) is 25.6 Å². The van der Waals surface area contributed by atoms with Gasteiger partial charge >= 0.3 is 0 Å². The predicted molar refractivity (Wildman–Crippen MR) is 156 cm³/mol. The molecule has 0 saturated heterocycles. The number of halogens is 1. The average molecular weight is 568 g/mol. The van der Waals surface area contributed by atoms with Gasteiger partial charge in [-0.2, -0.15) is 0 Å². The summed E-state index contributed by atoms with van der Waals surface area (Å²) in [6, 6.07) is 18.1. The molecule has 7 nitrogen and oxygen atoms in total. The van der Waals surface area contributed by atoms with Crippen molar-refractivity contribution in [3.8, 4) is 0 Å². The molecule has 3 aromatic carbocycles. The number of carbonyl (C=O) groups excluding carboxylic acids is 2. The number of carbonyl (C=O) groups is 2. The van der Waals surface area contributed by atoms with E-state index in [0.717, 1.165) is 15.4 Å². The molecular formula is C31H38FN3O4S. The number of sulfonamides is 1. The maximum atomic E-state index is 14.1. The quantitative estimate of drug-likeness (QED) is 0.325. The SMILES string of the molecule is CCC(C(=O)NCC(C)C)N(Cc1ccc(F)cc1)C(=O)CN(c1cccc(C)c1C)S(=O)(=O)c1ccccc1. The Morgan fingerprint density at radius 3 is 2.17 bits per heavy atom. The molecule has 3 aromatic rings. The third-order valence-corrected chi connectivity index (χ3v) is 8.57. The molecule has 0 radical (unpaired) electrons. The zero-order chi connectivity index (χ0) is 29.4. The largest absolute Gasteiger partial charge is 0.354 e. The molecule has 0 aliphatic heterocycles. The van der Waals surface area contributed by atoms with Crippen LogP contribution in [0.5, 0.6) is 0 Å². The second-order valence-electron chi connectivity index (χ2n) is 10.3. The van der Waals surface area contributed by atoms with E-state index in [1.807, 2.05) is 33.8 Å². The first-order chi connectivity index (χ1) is 18.9. The van der Waals surface area contributed by atoms with Crippen LogP contribution in [0.3, 0.4) is 0 Å². The molecule has 0 bridgehead atoms. The van der Waals surface area contributed by atoms with Crippen LogP contribution in [0.25, 0.3) is 0 Å². The summed E-state index contributed by atoms with van der Waals surface area (Å²) in [5, 5.41) is 2.90. The molecule has 0 saturated carbocycles. The lowest BCUT2D eigenvalue weighted by atomic mass is 10.1. The molecule has 0 fully saturated rings. The minimum Gasteiger partial charge on any atom is -0.354 e. The van der Waals surface area contributed by atoms with Crippen molar-refractivity contribution in [2.24, 2.45) is 5.92 Å². The lowest BCUT2D eigenvalue weighted by Crippen LogP contribution is -2.52. The summed E-state index contributed by atoms with van der Waals surface area (Å²) in [6.45, 7) is 9.36. The second kappa shape index (κ2) is 13.6. The van der Waals surface area contributed by atoms with E-state index < -0.39 is 34.3 Å². The molecule has 0 aromatic heterocycles. The Morgan fingerprint density at radius 1 is 0.925 bits per heavy atom. The molecule has 40 heavy (non-hydrogen) atoms. The average Bonchev–Trinajstić information content (AvgIpc) is 2.93. The smallest absolute Gasteiger partial charge is 0.264 e. The van der Waals surface area contributed by atoms with E-state index in [4.69, 9.17) is 0 Å². The van der Waals surface area contributed by atoms with Crippen molar-refractivity contribution < 1.29 is 22.4 Å². The van der Waals surface area contributed by atoms with Crippen LogP contribution in [-0.2, 0) is 26.2 Å². The van der Waals surface area contributed by atoms with Crippen molar-refractivity contribution in [2.45, 2.75) is 58.5 Å². The first kappa shape index (κ1) is 30.8. The van der Waals surface area contributed by atoms with Crippen LogP contribution in [0.4, 0.5) is 10.1 Å². The van der Waals surface area contributed by atoms with Gasteiger partial charge < -0.3 is 10.2 Å². The number of rotatable bonds is 12. The zero-order valence-corrected chi connectivity index (χ0v) is 24.5. The maximum absolute atomic E-state index is 14.1. The number of nitrogens with zero attached hydrogens (tertiary/aromatic N) is 2. The van der Waals surface area contributed by atoms with Crippen LogP contribution in [0.1, 0.15) is 43.9 Å². The summed E-state index contributed by atoms with van der Waals surface area (Å²) in [5.74, 6) is -1.08. The number of aryl methyl sites for hydroxylation is 1. The maximum Gasteiger partial charge on any atom is 0.264 e. The van der Waals surface area contributed by atoms with Crippen LogP contribution < -0.4 is 9.62 Å². The van der Waals surface area contributed by atoms with Crippen molar-refractivity contribution in [1.82, 2.24) is 10.2 Å². The Bertz CT molecular complexity index is 1410. The first-order valence-corrected chi connectivity index (χ1v) is 14.8.